The van der Waals surface area contributed by atoms with Gasteiger partial charge in [-0.3, -0.25) is 53.5 Å². The average molecular weight is 1110 g/mol. The van der Waals surface area contributed by atoms with Crippen molar-refractivity contribution in [3.05, 3.63) is 35.9 Å². The van der Waals surface area contributed by atoms with Gasteiger partial charge < -0.3 is 38.7 Å². The molecule has 0 unspecified atom stereocenters. The maximum atomic E-state index is 14.7. The summed E-state index contributed by atoms with van der Waals surface area (Å²) in [6, 6.07) is 7.45. The molecule has 1 aliphatic carbocycles. The van der Waals surface area contributed by atoms with Crippen molar-refractivity contribution >= 4 is 47.3 Å². The molecule has 3 heterocycles. The highest BCUT2D eigenvalue weighted by Gasteiger charge is 2.64. The van der Waals surface area contributed by atoms with Crippen molar-refractivity contribution < 1.29 is 71.7 Å². The van der Waals surface area contributed by atoms with Crippen LogP contribution < -0.4 is 10.6 Å². The Hall–Kier alpha value is -4.94. The van der Waals surface area contributed by atoms with Gasteiger partial charge in [0.05, 0.1) is 95.3 Å². The van der Waals surface area contributed by atoms with Gasteiger partial charge in [-0.1, -0.05) is 85.2 Å². The highest BCUT2D eigenvalue weighted by Crippen LogP contribution is 2.53. The maximum Gasteiger partial charge on any atom is 0.335 e. The molecule has 79 heavy (non-hydrogen) atoms. The smallest absolute Gasteiger partial charge is 0.335 e. The van der Waals surface area contributed by atoms with Crippen molar-refractivity contribution in [2.75, 3.05) is 94.2 Å². The molecule has 1 saturated carbocycles. The van der Waals surface area contributed by atoms with E-state index in [1.807, 2.05) is 81.9 Å². The molecule has 3 aliphatic heterocycles. The van der Waals surface area contributed by atoms with E-state index in [2.05, 4.69) is 24.5 Å². The van der Waals surface area contributed by atoms with Crippen LogP contribution in [-0.2, 0) is 71.7 Å². The van der Waals surface area contributed by atoms with Gasteiger partial charge >= 0.3 is 5.97 Å². The number of amides is 7. The fraction of sp³-hybridized carbons (Fsp3) is 0.754. The summed E-state index contributed by atoms with van der Waals surface area (Å²) in [5.41, 5.74) is -0.203. The minimum Gasteiger partial charge on any atom is -0.379 e. The largest absolute Gasteiger partial charge is 0.379 e. The van der Waals surface area contributed by atoms with E-state index in [-0.39, 0.29) is 100 Å². The summed E-state index contributed by atoms with van der Waals surface area (Å²) >= 11 is 0. The number of nitrogens with zero attached hydrogens (tertiary/aromatic N) is 5. The molecule has 10 atom stereocenters. The van der Waals surface area contributed by atoms with Crippen molar-refractivity contribution in [3.8, 4) is 0 Å². The predicted molar refractivity (Wildman–Crippen MR) is 290 cm³/mol. The Labute approximate surface area is 467 Å². The molecule has 4 aliphatic rings. The highest BCUT2D eigenvalue weighted by molar-refractivity contribution is 6.02. The zero-order valence-electron chi connectivity index (χ0n) is 48.7. The van der Waals surface area contributed by atoms with Crippen LogP contribution >= 0.6 is 0 Å². The minimum absolute atomic E-state index is 0.000691. The number of hydrogen-bond donors (Lipinski definition) is 2. The molecule has 444 valence electrons. The Morgan fingerprint density at radius 2 is 1.39 bits per heavy atom. The zero-order chi connectivity index (χ0) is 58.0. The summed E-state index contributed by atoms with van der Waals surface area (Å²) in [5.74, 6) is -4.85. The second-order valence-corrected chi connectivity index (χ2v) is 22.2. The van der Waals surface area contributed by atoms with Crippen LogP contribution in [-0.4, -0.2) is 208 Å². The first kappa shape index (κ1) is 64.9. The fourth-order valence-corrected chi connectivity index (χ4v) is 11.6. The predicted octanol–water partition coefficient (Wildman–Crippen LogP) is 3.65. The maximum absolute atomic E-state index is 14.7. The number of likely N-dealkylation sites (N-methyl/N-ethyl adjacent to an activating group) is 2. The summed E-state index contributed by atoms with van der Waals surface area (Å²) in [4.78, 5) is 123. The number of carbonyl (C=O) groups excluding carboxylic acids is 8. The molecule has 1 aromatic rings. The molecule has 22 nitrogen and oxygen atoms in total. The van der Waals surface area contributed by atoms with E-state index in [9.17, 15) is 38.4 Å². The number of nitrogens with one attached hydrogen (secondary N) is 2. The number of rotatable bonds is 33. The number of likely N-dealkylation sites (tertiary alicyclic amines) is 1. The monoisotopic (exact) mass is 1110 g/mol. The number of ether oxygens (including phenoxy) is 5. The van der Waals surface area contributed by atoms with Gasteiger partial charge in [0, 0.05) is 58.7 Å². The quantitative estimate of drug-likeness (QED) is 0.0754. The molecule has 0 bridgehead atoms. The molecule has 3 saturated heterocycles. The minimum atomic E-state index is -1.16. The second kappa shape index (κ2) is 31.3. The van der Waals surface area contributed by atoms with Gasteiger partial charge in [0.2, 0.25) is 23.6 Å². The number of methoxy groups -OCH3 is 2. The number of imide groups is 2. The third-order valence-corrected chi connectivity index (χ3v) is 16.0. The Kier molecular flexibility index (Phi) is 25.7. The van der Waals surface area contributed by atoms with E-state index in [1.54, 1.807) is 26.0 Å². The van der Waals surface area contributed by atoms with E-state index < -0.39 is 77.4 Å². The lowest BCUT2D eigenvalue weighted by Gasteiger charge is -2.43. The molecular weight excluding hydrogens is 1020 g/mol. The Balaban J connectivity index is 1.13. The number of carbonyl (C=O) groups is 8. The van der Waals surface area contributed by atoms with Crippen molar-refractivity contribution in [3.63, 3.8) is 0 Å². The van der Waals surface area contributed by atoms with Gasteiger partial charge in [0.25, 0.3) is 17.7 Å². The normalized spacial score (nSPS) is 22.2. The van der Waals surface area contributed by atoms with Crippen molar-refractivity contribution in [2.24, 2.45) is 23.7 Å². The molecule has 4 fully saturated rings. The zero-order valence-corrected chi connectivity index (χ0v) is 48.7. The van der Waals surface area contributed by atoms with Gasteiger partial charge in [-0.2, -0.15) is 0 Å². The average Bonchev–Trinajstić information content (AvgIpc) is 4.02. The van der Waals surface area contributed by atoms with Crippen LogP contribution in [0, 0.1) is 23.7 Å². The molecule has 22 heteroatoms. The standard InChI is InChI=1S/C57H91N7O15/c1-12-39(6)51(61(9)50(38(4)5)55(71)58-54(70)49(37(2)3)60(8)27-30-76-32-34-77-33-31-75-29-24-48(68)79-64-45(65)22-23-46(64)66)44(73-10)35-47(67)62-25-18-21-43(62)52(74-11)40(7)53(69)59-57(56(72)63-26-16-17-28-78-63)36-42(57)41-19-14-13-15-20-41/h13-15,19-20,37-40,42-44,49-52H,12,16-18,21-36H2,1-11H3,(H,59,69)(H,58,70,71)/t39-,40+,42+,43-,44+,49-,50-,51-,52+,57-/m0/s1. The van der Waals surface area contributed by atoms with E-state index in [0.29, 0.717) is 57.2 Å². The van der Waals surface area contributed by atoms with Crippen LogP contribution in [0.25, 0.3) is 0 Å². The fourth-order valence-electron chi connectivity index (χ4n) is 11.6. The SMILES string of the molecule is CC[C@H](C)[C@@H]([C@@H](CC(=O)N1CCC[C@H]1[C@H](OC)[C@@H](C)C(=O)N[C@@]1(C(=O)N2CCCCO2)C[C@@H]1c1ccccc1)OC)N(C)[C@H](C(=O)NC(=O)[C@H](C(C)C)N(C)CCOCCOCCOCCC(=O)ON1C(=O)CCC1=O)C(C)C. The van der Waals surface area contributed by atoms with Crippen LogP contribution in [0.4, 0.5) is 0 Å². The van der Waals surface area contributed by atoms with Crippen LogP contribution in [0.15, 0.2) is 30.3 Å². The van der Waals surface area contributed by atoms with Gasteiger partial charge in [0.1, 0.15) is 5.54 Å². The molecule has 0 radical (unpaired) electrons. The molecule has 2 N–H and O–H groups in total. The molecule has 0 aromatic heterocycles. The van der Waals surface area contributed by atoms with E-state index >= 15 is 0 Å². The highest BCUT2D eigenvalue weighted by atomic mass is 16.7. The second-order valence-electron chi connectivity index (χ2n) is 22.2. The number of benzene rings is 1. The van der Waals surface area contributed by atoms with Gasteiger partial charge in [-0.15, -0.1) is 5.06 Å². The van der Waals surface area contributed by atoms with Gasteiger partial charge in [-0.05, 0) is 69.5 Å². The first-order valence-electron chi connectivity index (χ1n) is 28.5. The molecule has 7 amide bonds. The first-order chi connectivity index (χ1) is 37.7. The van der Waals surface area contributed by atoms with Crippen LogP contribution in [0.2, 0.25) is 0 Å². The van der Waals surface area contributed by atoms with E-state index in [4.69, 9.17) is 33.4 Å². The Bertz CT molecular complexity index is 2160. The van der Waals surface area contributed by atoms with Crippen LogP contribution in [0.3, 0.4) is 0 Å². The molecule has 1 aromatic carbocycles. The third-order valence-electron chi connectivity index (χ3n) is 16.0. The van der Waals surface area contributed by atoms with Crippen molar-refractivity contribution in [1.29, 1.82) is 0 Å². The van der Waals surface area contributed by atoms with Crippen LogP contribution in [0.5, 0.6) is 0 Å². The number of hydrogen-bond acceptors (Lipinski definition) is 17. The van der Waals surface area contributed by atoms with Crippen molar-refractivity contribution in [2.45, 2.75) is 161 Å². The third kappa shape index (κ3) is 17.3. The Morgan fingerprint density at radius 3 is 1.97 bits per heavy atom. The number of hydroxylamine groups is 4. The van der Waals surface area contributed by atoms with Crippen molar-refractivity contribution in [1.82, 2.24) is 35.5 Å². The molecule has 0 spiro atoms. The summed E-state index contributed by atoms with van der Waals surface area (Å²) in [5, 5.41) is 7.81. The lowest BCUT2D eigenvalue weighted by atomic mass is 9.87. The van der Waals surface area contributed by atoms with E-state index in [0.717, 1.165) is 24.8 Å². The lowest BCUT2D eigenvalue weighted by molar-refractivity contribution is -0.200. The topological polar surface area (TPSA) is 241 Å². The summed E-state index contributed by atoms with van der Waals surface area (Å²) < 4.78 is 29.0. The van der Waals surface area contributed by atoms with Crippen LogP contribution in [0.1, 0.15) is 124 Å². The van der Waals surface area contributed by atoms with Gasteiger partial charge in [-0.25, -0.2) is 9.86 Å². The molecule has 5 rings (SSSR count). The lowest BCUT2D eigenvalue weighted by Crippen LogP contribution is -2.60. The Morgan fingerprint density at radius 1 is 0.772 bits per heavy atom. The first-order valence-corrected chi connectivity index (χ1v) is 28.5. The summed E-state index contributed by atoms with van der Waals surface area (Å²) in [6.45, 7) is 16.7. The summed E-state index contributed by atoms with van der Waals surface area (Å²) in [7, 11) is 6.78. The molecular formula is C57H91N7O15. The van der Waals surface area contributed by atoms with Gasteiger partial charge in [0.15, 0.2) is 0 Å². The van der Waals surface area contributed by atoms with E-state index in [1.165, 1.54) is 5.06 Å². The summed E-state index contributed by atoms with van der Waals surface area (Å²) in [6.07, 6.45) is 2.75.